The minimum atomic E-state index is 0.492. The number of hydrogen-bond donors (Lipinski definition) is 0. The number of fused-ring (bicyclic) bond motifs is 3. The van der Waals surface area contributed by atoms with Gasteiger partial charge >= 0.3 is 0 Å². The number of rotatable bonds is 2. The van der Waals surface area contributed by atoms with Gasteiger partial charge in [0.15, 0.2) is 17.1 Å². The van der Waals surface area contributed by atoms with E-state index < -0.39 is 0 Å². The standard InChI is InChI=1S/C22H12N8/c1-2-13-3-5-16(28-20(13)24-9-1)17-6-4-14-10-25-22(30-21(14)29-17)18-8-7-15-19(27-18)11-23-12-26-15/h1-12H. The van der Waals surface area contributed by atoms with Crippen molar-refractivity contribution in [1.82, 2.24) is 39.9 Å². The lowest BCUT2D eigenvalue weighted by Gasteiger charge is -2.05. The zero-order chi connectivity index (χ0) is 19.9. The molecule has 140 valence electrons. The van der Waals surface area contributed by atoms with Crippen LogP contribution in [-0.4, -0.2) is 39.9 Å². The SMILES string of the molecule is c1cnc2nc(-c3ccc4cnc(-c5ccc6ncncc6n5)nc4n3)ccc2c1. The maximum Gasteiger partial charge on any atom is 0.180 e. The molecule has 0 fully saturated rings. The lowest BCUT2D eigenvalue weighted by molar-refractivity contribution is 1.15. The van der Waals surface area contributed by atoms with E-state index in [9.17, 15) is 0 Å². The number of pyridine rings is 4. The highest BCUT2D eigenvalue weighted by atomic mass is 15.0. The van der Waals surface area contributed by atoms with E-state index >= 15 is 0 Å². The van der Waals surface area contributed by atoms with Crippen molar-refractivity contribution in [3.05, 3.63) is 73.4 Å². The molecule has 0 aliphatic carbocycles. The first-order chi connectivity index (χ1) is 14.8. The van der Waals surface area contributed by atoms with E-state index in [0.29, 0.717) is 28.3 Å². The van der Waals surface area contributed by atoms with Gasteiger partial charge in [-0.1, -0.05) is 0 Å². The first-order valence-electron chi connectivity index (χ1n) is 9.27. The Balaban J connectivity index is 1.46. The fourth-order valence-electron chi connectivity index (χ4n) is 3.27. The molecular formula is C22H12N8. The molecule has 0 radical (unpaired) electrons. The Labute approximate surface area is 169 Å². The van der Waals surface area contributed by atoms with E-state index in [-0.39, 0.29) is 0 Å². The van der Waals surface area contributed by atoms with Gasteiger partial charge in [-0.15, -0.1) is 0 Å². The van der Waals surface area contributed by atoms with E-state index in [4.69, 9.17) is 4.98 Å². The highest BCUT2D eigenvalue weighted by Crippen LogP contribution is 2.22. The van der Waals surface area contributed by atoms with Crippen LogP contribution >= 0.6 is 0 Å². The molecule has 0 spiro atoms. The zero-order valence-electron chi connectivity index (χ0n) is 15.5. The van der Waals surface area contributed by atoms with Crippen LogP contribution in [0.2, 0.25) is 0 Å². The molecule has 6 aromatic rings. The molecule has 0 saturated heterocycles. The molecule has 6 rings (SSSR count). The van der Waals surface area contributed by atoms with Gasteiger partial charge in [-0.3, -0.25) is 0 Å². The summed E-state index contributed by atoms with van der Waals surface area (Å²) < 4.78 is 0. The third kappa shape index (κ3) is 2.78. The average molecular weight is 388 g/mol. The summed E-state index contributed by atoms with van der Waals surface area (Å²) in [5.74, 6) is 0.492. The number of aromatic nitrogens is 8. The molecule has 0 aliphatic heterocycles. The lowest BCUT2D eigenvalue weighted by atomic mass is 10.2. The molecule has 0 amide bonds. The van der Waals surface area contributed by atoms with Crippen LogP contribution in [0, 0.1) is 0 Å². The summed E-state index contributed by atoms with van der Waals surface area (Å²) in [4.78, 5) is 35.5. The van der Waals surface area contributed by atoms with Crippen molar-refractivity contribution in [3.63, 3.8) is 0 Å². The van der Waals surface area contributed by atoms with Crippen molar-refractivity contribution < 1.29 is 0 Å². The maximum absolute atomic E-state index is 4.71. The highest BCUT2D eigenvalue weighted by Gasteiger charge is 2.10. The summed E-state index contributed by atoms with van der Waals surface area (Å²) >= 11 is 0. The third-order valence-electron chi connectivity index (χ3n) is 4.76. The number of nitrogens with zero attached hydrogens (tertiary/aromatic N) is 8. The van der Waals surface area contributed by atoms with Crippen molar-refractivity contribution in [3.8, 4) is 22.9 Å². The third-order valence-corrected chi connectivity index (χ3v) is 4.76. The first-order valence-corrected chi connectivity index (χ1v) is 9.27. The molecule has 8 heteroatoms. The van der Waals surface area contributed by atoms with Crippen LogP contribution in [0.15, 0.2) is 73.4 Å². The maximum atomic E-state index is 4.71. The van der Waals surface area contributed by atoms with E-state index in [1.807, 2.05) is 48.5 Å². The Kier molecular flexibility index (Phi) is 3.60. The van der Waals surface area contributed by atoms with Gasteiger partial charge in [0, 0.05) is 23.2 Å². The van der Waals surface area contributed by atoms with Crippen molar-refractivity contribution in [2.24, 2.45) is 0 Å². The quantitative estimate of drug-likeness (QED) is 0.443. The Morgan fingerprint density at radius 1 is 0.533 bits per heavy atom. The second kappa shape index (κ2) is 6.56. The number of hydrogen-bond acceptors (Lipinski definition) is 8. The van der Waals surface area contributed by atoms with Crippen molar-refractivity contribution in [2.75, 3.05) is 0 Å². The fourth-order valence-corrected chi connectivity index (χ4v) is 3.27. The Morgan fingerprint density at radius 3 is 2.30 bits per heavy atom. The van der Waals surface area contributed by atoms with Gasteiger partial charge in [0.1, 0.15) is 17.5 Å². The lowest BCUT2D eigenvalue weighted by Crippen LogP contribution is -1.97. The van der Waals surface area contributed by atoms with Crippen LogP contribution in [0.5, 0.6) is 0 Å². The van der Waals surface area contributed by atoms with Crippen LogP contribution in [0.1, 0.15) is 0 Å². The Morgan fingerprint density at radius 2 is 1.37 bits per heavy atom. The summed E-state index contributed by atoms with van der Waals surface area (Å²) in [6.07, 6.45) is 6.64. The van der Waals surface area contributed by atoms with E-state index in [2.05, 4.69) is 34.9 Å². The molecule has 8 nitrogen and oxygen atoms in total. The molecule has 0 aromatic carbocycles. The fraction of sp³-hybridized carbons (Fsp3) is 0. The van der Waals surface area contributed by atoms with Gasteiger partial charge in [-0.25, -0.2) is 39.9 Å². The average Bonchev–Trinajstić information content (AvgIpc) is 2.82. The second-order valence-electron chi connectivity index (χ2n) is 6.67. The van der Waals surface area contributed by atoms with E-state index in [1.54, 1.807) is 18.6 Å². The van der Waals surface area contributed by atoms with E-state index in [0.717, 1.165) is 27.7 Å². The molecule has 0 unspecified atom stereocenters. The molecular weight excluding hydrogens is 376 g/mol. The van der Waals surface area contributed by atoms with Gasteiger partial charge in [0.25, 0.3) is 0 Å². The van der Waals surface area contributed by atoms with Crippen LogP contribution in [-0.2, 0) is 0 Å². The van der Waals surface area contributed by atoms with Gasteiger partial charge < -0.3 is 0 Å². The first kappa shape index (κ1) is 16.5. The highest BCUT2D eigenvalue weighted by molar-refractivity contribution is 5.82. The molecule has 6 aromatic heterocycles. The molecule has 30 heavy (non-hydrogen) atoms. The molecule has 0 atom stereocenters. The van der Waals surface area contributed by atoms with Gasteiger partial charge in [-0.05, 0) is 48.5 Å². The summed E-state index contributed by atoms with van der Waals surface area (Å²) in [5, 5.41) is 1.82. The predicted octanol–water partition coefficient (Wildman–Crippen LogP) is 3.64. The predicted molar refractivity (Wildman–Crippen MR) is 112 cm³/mol. The monoisotopic (exact) mass is 388 g/mol. The molecule has 0 saturated carbocycles. The van der Waals surface area contributed by atoms with Crippen LogP contribution in [0.4, 0.5) is 0 Å². The van der Waals surface area contributed by atoms with Crippen LogP contribution < -0.4 is 0 Å². The van der Waals surface area contributed by atoms with Crippen molar-refractivity contribution in [2.45, 2.75) is 0 Å². The van der Waals surface area contributed by atoms with E-state index in [1.165, 1.54) is 6.33 Å². The van der Waals surface area contributed by atoms with Gasteiger partial charge in [0.2, 0.25) is 0 Å². The topological polar surface area (TPSA) is 103 Å². The Bertz CT molecular complexity index is 1450. The summed E-state index contributed by atoms with van der Waals surface area (Å²) in [5.41, 5.74) is 4.82. The van der Waals surface area contributed by atoms with Gasteiger partial charge in [0.05, 0.1) is 23.1 Å². The smallest absolute Gasteiger partial charge is 0.180 e. The minimum Gasteiger partial charge on any atom is -0.243 e. The summed E-state index contributed by atoms with van der Waals surface area (Å²) in [6.45, 7) is 0. The summed E-state index contributed by atoms with van der Waals surface area (Å²) in [7, 11) is 0. The zero-order valence-corrected chi connectivity index (χ0v) is 15.5. The molecule has 6 heterocycles. The summed E-state index contributed by atoms with van der Waals surface area (Å²) in [6, 6.07) is 15.4. The minimum absolute atomic E-state index is 0.492. The normalized spacial score (nSPS) is 11.3. The molecule has 0 N–H and O–H groups in total. The second-order valence-corrected chi connectivity index (χ2v) is 6.67. The van der Waals surface area contributed by atoms with Crippen molar-refractivity contribution in [1.29, 1.82) is 0 Å². The Hall–Kier alpha value is -4.46. The largest absolute Gasteiger partial charge is 0.243 e. The van der Waals surface area contributed by atoms with Crippen LogP contribution in [0.25, 0.3) is 56.0 Å². The van der Waals surface area contributed by atoms with Crippen LogP contribution in [0.3, 0.4) is 0 Å². The van der Waals surface area contributed by atoms with Gasteiger partial charge in [-0.2, -0.15) is 0 Å². The van der Waals surface area contributed by atoms with Crippen molar-refractivity contribution >= 4 is 33.1 Å². The molecule has 0 bridgehead atoms. The molecule has 0 aliphatic rings.